The van der Waals surface area contributed by atoms with Gasteiger partial charge in [0.05, 0.1) is 13.2 Å². The van der Waals surface area contributed by atoms with Gasteiger partial charge in [-0.15, -0.1) is 0 Å². The normalized spacial score (nSPS) is 19.7. The number of nitrogens with zero attached hydrogens (tertiary/aromatic N) is 1. The van der Waals surface area contributed by atoms with Crippen molar-refractivity contribution in [1.29, 1.82) is 0 Å². The minimum absolute atomic E-state index is 0.0875. The molecule has 1 unspecified atom stereocenters. The predicted molar refractivity (Wildman–Crippen MR) is 85.8 cm³/mol. The molecule has 5 heteroatoms. The molecule has 0 radical (unpaired) electrons. The van der Waals surface area contributed by atoms with Gasteiger partial charge in [-0.05, 0) is 36.5 Å². The molecule has 1 fully saturated rings. The number of hydrogen-bond donors (Lipinski definition) is 2. The molecule has 1 atom stereocenters. The van der Waals surface area contributed by atoms with Crippen molar-refractivity contribution in [1.82, 2.24) is 4.98 Å². The summed E-state index contributed by atoms with van der Waals surface area (Å²) in [5, 5.41) is 18.8. The Labute approximate surface area is 135 Å². The number of aromatic nitrogens is 1. The minimum Gasteiger partial charge on any atom is -0.481 e. The molecular weight excluding hydrogens is 294 g/mol. The van der Waals surface area contributed by atoms with E-state index in [0.717, 1.165) is 24.0 Å². The summed E-state index contributed by atoms with van der Waals surface area (Å²) in [5.41, 5.74) is 3.35. The lowest BCUT2D eigenvalue weighted by atomic mass is 10.0. The second-order valence-corrected chi connectivity index (χ2v) is 5.85. The fourth-order valence-electron chi connectivity index (χ4n) is 2.80. The van der Waals surface area contributed by atoms with E-state index in [1.807, 2.05) is 12.1 Å². The molecule has 0 spiro atoms. The zero-order chi connectivity index (χ0) is 16.3. The molecule has 1 aromatic heterocycles. The van der Waals surface area contributed by atoms with Crippen LogP contribution in [0.25, 0.3) is 11.1 Å². The smallest absolute Gasteiger partial charge is 0.278 e. The molecule has 23 heavy (non-hydrogen) atoms. The number of aryl methyl sites for hydroxylation is 1. The molecule has 0 saturated carbocycles. The van der Waals surface area contributed by atoms with Crippen LogP contribution in [0.2, 0.25) is 0 Å². The van der Waals surface area contributed by atoms with Gasteiger partial charge in [0.2, 0.25) is 5.88 Å². The van der Waals surface area contributed by atoms with E-state index in [0.29, 0.717) is 12.3 Å². The highest BCUT2D eigenvalue weighted by Gasteiger charge is 2.35. The van der Waals surface area contributed by atoms with Gasteiger partial charge in [0, 0.05) is 24.2 Å². The van der Waals surface area contributed by atoms with Crippen LogP contribution in [0.4, 0.5) is 0 Å². The molecule has 1 aliphatic heterocycles. The molecule has 3 rings (SSSR count). The summed E-state index contributed by atoms with van der Waals surface area (Å²) in [6, 6.07) is 12.1. The Morgan fingerprint density at radius 1 is 1.17 bits per heavy atom. The van der Waals surface area contributed by atoms with Gasteiger partial charge in [0.1, 0.15) is 0 Å². The highest BCUT2D eigenvalue weighted by atomic mass is 16.8. The quantitative estimate of drug-likeness (QED) is 0.830. The summed E-state index contributed by atoms with van der Waals surface area (Å²) >= 11 is 0. The third-order valence-corrected chi connectivity index (χ3v) is 4.14. The summed E-state index contributed by atoms with van der Waals surface area (Å²) in [4.78, 5) is 4.21. The average molecular weight is 315 g/mol. The third kappa shape index (κ3) is 4.07. The average Bonchev–Trinajstić information content (AvgIpc) is 2.93. The minimum atomic E-state index is -1.93. The maximum atomic E-state index is 9.38. The van der Waals surface area contributed by atoms with Crippen LogP contribution in [0.15, 0.2) is 42.6 Å². The van der Waals surface area contributed by atoms with Crippen molar-refractivity contribution < 1.29 is 19.7 Å². The Kier molecular flexibility index (Phi) is 4.61. The lowest BCUT2D eigenvalue weighted by Crippen LogP contribution is -2.27. The topological polar surface area (TPSA) is 71.8 Å². The van der Waals surface area contributed by atoms with Gasteiger partial charge in [-0.25, -0.2) is 4.98 Å². The van der Waals surface area contributed by atoms with E-state index in [9.17, 15) is 10.2 Å². The Morgan fingerprint density at radius 2 is 1.91 bits per heavy atom. The largest absolute Gasteiger partial charge is 0.481 e. The second-order valence-electron chi connectivity index (χ2n) is 5.85. The first-order chi connectivity index (χ1) is 11.1. The number of aliphatic hydroxyl groups is 2. The van der Waals surface area contributed by atoms with Crippen LogP contribution in [0.1, 0.15) is 24.8 Å². The maximum absolute atomic E-state index is 9.38. The summed E-state index contributed by atoms with van der Waals surface area (Å²) in [6.07, 6.45) is 4.30. The van der Waals surface area contributed by atoms with Crippen molar-refractivity contribution in [2.24, 2.45) is 0 Å². The Morgan fingerprint density at radius 3 is 2.48 bits per heavy atom. The zero-order valence-corrected chi connectivity index (χ0v) is 13.1. The van der Waals surface area contributed by atoms with E-state index >= 15 is 0 Å². The van der Waals surface area contributed by atoms with Crippen molar-refractivity contribution in [3.63, 3.8) is 0 Å². The lowest BCUT2D eigenvalue weighted by molar-refractivity contribution is -0.325. The van der Waals surface area contributed by atoms with Gasteiger partial charge < -0.3 is 19.7 Å². The first kappa shape index (κ1) is 15.9. The molecule has 2 N–H and O–H groups in total. The first-order valence-corrected chi connectivity index (χ1v) is 7.78. The monoisotopic (exact) mass is 315 g/mol. The van der Waals surface area contributed by atoms with Crippen LogP contribution >= 0.6 is 0 Å². The molecule has 0 aliphatic carbocycles. The van der Waals surface area contributed by atoms with Crippen LogP contribution < -0.4 is 4.74 Å². The van der Waals surface area contributed by atoms with E-state index in [1.165, 1.54) is 5.56 Å². The Bertz CT molecular complexity index is 637. The van der Waals surface area contributed by atoms with Crippen LogP contribution in [0.3, 0.4) is 0 Å². The molecular formula is C18H21NO4. The lowest BCUT2D eigenvalue weighted by Gasteiger charge is -2.16. The molecule has 1 aliphatic rings. The summed E-state index contributed by atoms with van der Waals surface area (Å²) in [7, 11) is 1.60. The van der Waals surface area contributed by atoms with Crippen LogP contribution in [-0.2, 0) is 11.2 Å². The van der Waals surface area contributed by atoms with Gasteiger partial charge in [-0.1, -0.05) is 24.3 Å². The van der Waals surface area contributed by atoms with Gasteiger partial charge in [-0.3, -0.25) is 0 Å². The maximum Gasteiger partial charge on any atom is 0.278 e. The molecule has 5 nitrogen and oxygen atoms in total. The number of methoxy groups -OCH3 is 1. The van der Waals surface area contributed by atoms with E-state index in [2.05, 4.69) is 29.2 Å². The zero-order valence-electron chi connectivity index (χ0n) is 13.1. The van der Waals surface area contributed by atoms with Crippen LogP contribution in [0, 0.1) is 0 Å². The molecule has 1 aromatic carbocycles. The molecule has 122 valence electrons. The predicted octanol–water partition coefficient (Wildman–Crippen LogP) is 2.51. The summed E-state index contributed by atoms with van der Waals surface area (Å²) < 4.78 is 10.2. The van der Waals surface area contributed by atoms with Crippen molar-refractivity contribution in [3.8, 4) is 17.0 Å². The highest BCUT2D eigenvalue weighted by molar-refractivity contribution is 5.62. The van der Waals surface area contributed by atoms with Crippen LogP contribution in [-0.4, -0.2) is 34.4 Å². The second kappa shape index (κ2) is 6.66. The van der Waals surface area contributed by atoms with Gasteiger partial charge in [0.15, 0.2) is 0 Å². The number of rotatable bonds is 5. The third-order valence-electron chi connectivity index (χ3n) is 4.14. The highest BCUT2D eigenvalue weighted by Crippen LogP contribution is 2.28. The fraction of sp³-hybridized carbons (Fsp3) is 0.389. The number of ether oxygens (including phenoxy) is 2. The first-order valence-electron chi connectivity index (χ1n) is 7.78. The summed E-state index contributed by atoms with van der Waals surface area (Å²) in [6.45, 7) is 0. The van der Waals surface area contributed by atoms with E-state index in [4.69, 9.17) is 9.47 Å². The summed E-state index contributed by atoms with van der Waals surface area (Å²) in [5.74, 6) is -1.33. The van der Waals surface area contributed by atoms with Gasteiger partial charge in [-0.2, -0.15) is 0 Å². The SMILES string of the molecule is COc1ccc(-c2ccc(CCC3CCC(O)(O)O3)cc2)cn1. The molecule has 2 heterocycles. The van der Waals surface area contributed by atoms with Crippen LogP contribution in [0.5, 0.6) is 5.88 Å². The molecule has 0 amide bonds. The number of benzene rings is 1. The van der Waals surface area contributed by atoms with Gasteiger partial charge >= 0.3 is 0 Å². The molecule has 0 bridgehead atoms. The van der Waals surface area contributed by atoms with Crippen molar-refractivity contribution in [2.45, 2.75) is 37.8 Å². The van der Waals surface area contributed by atoms with Crippen molar-refractivity contribution >= 4 is 0 Å². The van der Waals surface area contributed by atoms with Gasteiger partial charge in [0.25, 0.3) is 5.97 Å². The fourth-order valence-corrected chi connectivity index (χ4v) is 2.80. The van der Waals surface area contributed by atoms with Crippen molar-refractivity contribution in [2.75, 3.05) is 7.11 Å². The molecule has 2 aromatic rings. The van der Waals surface area contributed by atoms with E-state index in [-0.39, 0.29) is 12.5 Å². The molecule has 1 saturated heterocycles. The standard InChI is InChI=1S/C18H21NO4/c1-22-17-9-7-15(12-19-17)14-5-2-13(3-6-14)4-8-16-10-11-18(20,21)23-16/h2-3,5-7,9,12,16,20-21H,4,8,10-11H2,1H3. The van der Waals surface area contributed by atoms with Crippen molar-refractivity contribution in [3.05, 3.63) is 48.2 Å². The number of pyridine rings is 1. The Hall–Kier alpha value is -1.95. The van der Waals surface area contributed by atoms with E-state index < -0.39 is 5.97 Å². The number of hydrogen-bond acceptors (Lipinski definition) is 5. The van der Waals surface area contributed by atoms with E-state index in [1.54, 1.807) is 13.3 Å². The Balaban J connectivity index is 1.58.